The predicted octanol–water partition coefficient (Wildman–Crippen LogP) is 3.58. The maximum atomic E-state index is 3.81. The molecule has 0 radical (unpaired) electrons. The first-order chi connectivity index (χ1) is 4.79. The van der Waals surface area contributed by atoms with E-state index in [1.54, 1.807) is 0 Å². The summed E-state index contributed by atoms with van der Waals surface area (Å²) in [5.74, 6) is 0.942. The van der Waals surface area contributed by atoms with Crippen molar-refractivity contribution in [1.29, 1.82) is 0 Å². The summed E-state index contributed by atoms with van der Waals surface area (Å²) in [5.41, 5.74) is 1.43. The molecule has 1 rings (SSSR count). The zero-order valence-electron chi connectivity index (χ0n) is 7.03. The van der Waals surface area contributed by atoms with Gasteiger partial charge in [-0.05, 0) is 18.8 Å². The summed E-state index contributed by atoms with van der Waals surface area (Å²) < 4.78 is 0. The van der Waals surface area contributed by atoms with E-state index >= 15 is 0 Å². The second kappa shape index (κ2) is 8.22. The van der Waals surface area contributed by atoms with Gasteiger partial charge in [0.05, 0.1) is 0 Å². The van der Waals surface area contributed by atoms with Crippen LogP contribution in [0.4, 0.5) is 0 Å². The van der Waals surface area contributed by atoms with Crippen LogP contribution in [0.2, 0.25) is 0 Å². The Morgan fingerprint density at radius 3 is 1.40 bits per heavy atom. The SMILES string of the molecule is C=C.C=C.C=C1CC(C)C1. The van der Waals surface area contributed by atoms with E-state index in [0.717, 1.165) is 5.92 Å². The third kappa shape index (κ3) is 5.36. The first kappa shape index (κ1) is 12.0. The third-order valence-electron chi connectivity index (χ3n) is 1.27. The Morgan fingerprint density at radius 2 is 1.40 bits per heavy atom. The fourth-order valence-corrected chi connectivity index (χ4v) is 0.926. The molecular formula is C10H18. The maximum Gasteiger partial charge on any atom is -0.0294 e. The van der Waals surface area contributed by atoms with Gasteiger partial charge < -0.3 is 0 Å². The quantitative estimate of drug-likeness (QED) is 0.449. The van der Waals surface area contributed by atoms with Crippen molar-refractivity contribution in [3.8, 4) is 0 Å². The molecule has 0 heterocycles. The van der Waals surface area contributed by atoms with E-state index in [1.165, 1.54) is 18.4 Å². The van der Waals surface area contributed by atoms with Crippen LogP contribution >= 0.6 is 0 Å². The van der Waals surface area contributed by atoms with Crippen LogP contribution in [0.1, 0.15) is 19.8 Å². The lowest BCUT2D eigenvalue weighted by molar-refractivity contribution is 0.462. The molecule has 1 aliphatic carbocycles. The van der Waals surface area contributed by atoms with Crippen LogP contribution in [-0.4, -0.2) is 0 Å². The van der Waals surface area contributed by atoms with Crippen molar-refractivity contribution in [2.45, 2.75) is 19.8 Å². The van der Waals surface area contributed by atoms with Gasteiger partial charge in [0.15, 0.2) is 0 Å². The van der Waals surface area contributed by atoms with Gasteiger partial charge in [-0.15, -0.1) is 26.3 Å². The van der Waals surface area contributed by atoms with Crippen LogP contribution < -0.4 is 0 Å². The van der Waals surface area contributed by atoms with Gasteiger partial charge in [0.25, 0.3) is 0 Å². The highest BCUT2D eigenvalue weighted by Crippen LogP contribution is 2.29. The lowest BCUT2D eigenvalue weighted by Crippen LogP contribution is -2.08. The van der Waals surface area contributed by atoms with Crippen LogP contribution in [0.15, 0.2) is 38.5 Å². The Bertz CT molecular complexity index is 82.2. The molecule has 0 amide bonds. The molecule has 0 aromatic rings. The number of hydrogen-bond acceptors (Lipinski definition) is 0. The fraction of sp³-hybridized carbons (Fsp3) is 0.400. The average molecular weight is 138 g/mol. The molecule has 10 heavy (non-hydrogen) atoms. The fourth-order valence-electron chi connectivity index (χ4n) is 0.926. The molecule has 0 aliphatic heterocycles. The molecule has 0 spiro atoms. The Hall–Kier alpha value is -0.780. The molecule has 0 heteroatoms. The van der Waals surface area contributed by atoms with Crippen molar-refractivity contribution in [2.75, 3.05) is 0 Å². The molecule has 0 nitrogen and oxygen atoms in total. The second-order valence-corrected chi connectivity index (χ2v) is 2.26. The Labute approximate surface area is 65.0 Å². The Morgan fingerprint density at radius 1 is 1.10 bits per heavy atom. The van der Waals surface area contributed by atoms with Crippen molar-refractivity contribution in [1.82, 2.24) is 0 Å². The van der Waals surface area contributed by atoms with E-state index in [4.69, 9.17) is 0 Å². The van der Waals surface area contributed by atoms with Crippen LogP contribution in [-0.2, 0) is 0 Å². The number of hydrogen-bond donors (Lipinski definition) is 0. The summed E-state index contributed by atoms with van der Waals surface area (Å²) in [5, 5.41) is 0. The smallest absolute Gasteiger partial charge is 0.0294 e. The van der Waals surface area contributed by atoms with Crippen LogP contribution in [0, 0.1) is 5.92 Å². The monoisotopic (exact) mass is 138 g/mol. The molecule has 1 aliphatic rings. The van der Waals surface area contributed by atoms with E-state index < -0.39 is 0 Å². The molecule has 0 atom stereocenters. The minimum absolute atomic E-state index is 0.942. The number of allylic oxidation sites excluding steroid dienone is 1. The number of rotatable bonds is 0. The van der Waals surface area contributed by atoms with E-state index in [1.807, 2.05) is 0 Å². The largest absolute Gasteiger partial charge is 0.106 e. The highest BCUT2D eigenvalue weighted by Gasteiger charge is 2.14. The minimum Gasteiger partial charge on any atom is -0.106 e. The van der Waals surface area contributed by atoms with Crippen molar-refractivity contribution >= 4 is 0 Å². The molecule has 0 saturated heterocycles. The van der Waals surface area contributed by atoms with Crippen LogP contribution in [0.25, 0.3) is 0 Å². The van der Waals surface area contributed by atoms with Crippen molar-refractivity contribution in [3.05, 3.63) is 38.5 Å². The lowest BCUT2D eigenvalue weighted by atomic mass is 9.83. The van der Waals surface area contributed by atoms with Gasteiger partial charge in [-0.2, -0.15) is 0 Å². The summed E-state index contributed by atoms with van der Waals surface area (Å²) in [6, 6.07) is 0. The summed E-state index contributed by atoms with van der Waals surface area (Å²) in [6.07, 6.45) is 2.56. The summed E-state index contributed by atoms with van der Waals surface area (Å²) in [6.45, 7) is 18.1. The average Bonchev–Trinajstić information content (AvgIpc) is 1.95. The molecule has 0 N–H and O–H groups in total. The topological polar surface area (TPSA) is 0 Å². The Kier molecular flexibility index (Phi) is 9.82. The molecule has 0 bridgehead atoms. The molecule has 0 aromatic carbocycles. The summed E-state index contributed by atoms with van der Waals surface area (Å²) in [4.78, 5) is 0. The third-order valence-corrected chi connectivity index (χ3v) is 1.27. The van der Waals surface area contributed by atoms with Crippen molar-refractivity contribution in [2.24, 2.45) is 5.92 Å². The van der Waals surface area contributed by atoms with Crippen molar-refractivity contribution in [3.63, 3.8) is 0 Å². The molecule has 0 aromatic heterocycles. The summed E-state index contributed by atoms with van der Waals surface area (Å²) in [7, 11) is 0. The van der Waals surface area contributed by atoms with Gasteiger partial charge in [0.2, 0.25) is 0 Å². The molecule has 1 fully saturated rings. The highest BCUT2D eigenvalue weighted by atomic mass is 14.2. The molecular weight excluding hydrogens is 120 g/mol. The van der Waals surface area contributed by atoms with Gasteiger partial charge in [-0.3, -0.25) is 0 Å². The maximum absolute atomic E-state index is 3.81. The standard InChI is InChI=1S/C6H10.2C2H4/c1-5-3-6(2)4-5;2*1-2/h6H,1,3-4H2,2H3;2*1-2H2. The van der Waals surface area contributed by atoms with E-state index in [0.29, 0.717) is 0 Å². The van der Waals surface area contributed by atoms with Gasteiger partial charge in [0.1, 0.15) is 0 Å². The zero-order valence-corrected chi connectivity index (χ0v) is 7.03. The van der Waals surface area contributed by atoms with Gasteiger partial charge in [0, 0.05) is 0 Å². The second-order valence-electron chi connectivity index (χ2n) is 2.26. The molecule has 0 unspecified atom stereocenters. The molecule has 1 saturated carbocycles. The highest BCUT2D eigenvalue weighted by molar-refractivity contribution is 5.05. The first-order valence-electron chi connectivity index (χ1n) is 3.45. The lowest BCUT2D eigenvalue weighted by Gasteiger charge is -2.23. The van der Waals surface area contributed by atoms with Crippen molar-refractivity contribution < 1.29 is 0 Å². The van der Waals surface area contributed by atoms with Crippen LogP contribution in [0.3, 0.4) is 0 Å². The predicted molar refractivity (Wildman–Crippen MR) is 50.0 cm³/mol. The van der Waals surface area contributed by atoms with Gasteiger partial charge >= 0.3 is 0 Å². The zero-order chi connectivity index (χ0) is 8.57. The van der Waals surface area contributed by atoms with E-state index in [9.17, 15) is 0 Å². The van der Waals surface area contributed by atoms with Crippen LogP contribution in [0.5, 0.6) is 0 Å². The Balaban J connectivity index is 0. The minimum atomic E-state index is 0.942. The van der Waals surface area contributed by atoms with Gasteiger partial charge in [-0.25, -0.2) is 0 Å². The normalized spacial score (nSPS) is 15.1. The van der Waals surface area contributed by atoms with Gasteiger partial charge in [-0.1, -0.05) is 19.1 Å². The van der Waals surface area contributed by atoms with E-state index in [2.05, 4.69) is 39.8 Å². The molecule has 58 valence electrons. The first-order valence-corrected chi connectivity index (χ1v) is 3.45. The van der Waals surface area contributed by atoms with E-state index in [-0.39, 0.29) is 0 Å². The summed E-state index contributed by atoms with van der Waals surface area (Å²) >= 11 is 0.